The average molecular weight is 290 g/mol. The van der Waals surface area contributed by atoms with Crippen molar-refractivity contribution in [1.29, 1.82) is 0 Å². The number of hydrogen-bond acceptors (Lipinski definition) is 4. The zero-order valence-corrected chi connectivity index (χ0v) is 11.7. The molecule has 2 amide bonds. The van der Waals surface area contributed by atoms with E-state index in [1.807, 2.05) is 30.3 Å². The molecule has 2 aliphatic rings. The zero-order chi connectivity index (χ0) is 14.7. The molecule has 0 saturated carbocycles. The Bertz CT molecular complexity index is 510. The second-order valence-corrected chi connectivity index (χ2v) is 5.39. The van der Waals surface area contributed by atoms with Crippen LogP contribution in [0.15, 0.2) is 30.3 Å². The Morgan fingerprint density at radius 1 is 1.24 bits per heavy atom. The smallest absolute Gasteiger partial charge is 0.410 e. The van der Waals surface area contributed by atoms with Gasteiger partial charge in [-0.3, -0.25) is 4.79 Å². The molecule has 3 rings (SSSR count). The predicted octanol–water partition coefficient (Wildman–Crippen LogP) is 0.770. The van der Waals surface area contributed by atoms with Crippen molar-refractivity contribution in [3.63, 3.8) is 0 Å². The first-order chi connectivity index (χ1) is 10.2. The first-order valence-corrected chi connectivity index (χ1v) is 7.06. The third kappa shape index (κ3) is 3.33. The minimum absolute atomic E-state index is 0.00425. The fourth-order valence-electron chi connectivity index (χ4n) is 2.24. The van der Waals surface area contributed by atoms with Gasteiger partial charge in [-0.05, 0) is 5.56 Å². The summed E-state index contributed by atoms with van der Waals surface area (Å²) in [5.41, 5.74) is 0.950. The van der Waals surface area contributed by atoms with Gasteiger partial charge < -0.3 is 19.7 Å². The van der Waals surface area contributed by atoms with Crippen molar-refractivity contribution in [1.82, 2.24) is 10.2 Å². The van der Waals surface area contributed by atoms with E-state index >= 15 is 0 Å². The molecule has 0 aromatic heterocycles. The third-order valence-electron chi connectivity index (χ3n) is 3.70. The van der Waals surface area contributed by atoms with Crippen LogP contribution in [0.1, 0.15) is 5.56 Å². The lowest BCUT2D eigenvalue weighted by Crippen LogP contribution is -2.59. The highest BCUT2D eigenvalue weighted by molar-refractivity contribution is 5.82. The highest BCUT2D eigenvalue weighted by atomic mass is 16.6. The van der Waals surface area contributed by atoms with Crippen LogP contribution in [-0.2, 0) is 20.9 Å². The van der Waals surface area contributed by atoms with E-state index in [-0.39, 0.29) is 30.6 Å². The number of carbonyl (C=O) groups is 2. The van der Waals surface area contributed by atoms with E-state index in [1.54, 1.807) is 4.90 Å². The number of benzene rings is 1. The maximum Gasteiger partial charge on any atom is 0.410 e. The lowest BCUT2D eigenvalue weighted by molar-refractivity contribution is -0.133. The van der Waals surface area contributed by atoms with Crippen molar-refractivity contribution in [2.45, 2.75) is 12.6 Å². The van der Waals surface area contributed by atoms with E-state index < -0.39 is 0 Å². The van der Waals surface area contributed by atoms with E-state index in [9.17, 15) is 9.59 Å². The van der Waals surface area contributed by atoms with E-state index in [1.165, 1.54) is 0 Å². The molecule has 0 unspecified atom stereocenters. The maximum atomic E-state index is 11.8. The van der Waals surface area contributed by atoms with Crippen LogP contribution in [-0.4, -0.2) is 49.2 Å². The molecule has 1 aromatic rings. The number of nitrogens with one attached hydrogen (secondary N) is 1. The van der Waals surface area contributed by atoms with Crippen LogP contribution in [0, 0.1) is 5.92 Å². The van der Waals surface area contributed by atoms with Gasteiger partial charge in [0.15, 0.2) is 0 Å². The second kappa shape index (κ2) is 6.13. The Labute approximate surface area is 123 Å². The second-order valence-electron chi connectivity index (χ2n) is 5.39. The van der Waals surface area contributed by atoms with Crippen LogP contribution in [0.25, 0.3) is 0 Å². The number of hydrogen-bond donors (Lipinski definition) is 1. The molecule has 21 heavy (non-hydrogen) atoms. The summed E-state index contributed by atoms with van der Waals surface area (Å²) in [7, 11) is 0. The molecule has 0 radical (unpaired) electrons. The van der Waals surface area contributed by atoms with Gasteiger partial charge in [0.2, 0.25) is 5.91 Å². The molecule has 6 nitrogen and oxygen atoms in total. The molecule has 0 spiro atoms. The maximum absolute atomic E-state index is 11.8. The summed E-state index contributed by atoms with van der Waals surface area (Å²) in [6, 6.07) is 9.66. The average Bonchev–Trinajstić information content (AvgIpc) is 2.40. The molecule has 1 N–H and O–H groups in total. The van der Waals surface area contributed by atoms with Gasteiger partial charge in [-0.25, -0.2) is 4.79 Å². The van der Waals surface area contributed by atoms with Crippen LogP contribution in [0.5, 0.6) is 0 Å². The van der Waals surface area contributed by atoms with Crippen LogP contribution < -0.4 is 5.32 Å². The molecule has 2 fully saturated rings. The minimum Gasteiger partial charge on any atom is -0.445 e. The molecule has 2 saturated heterocycles. The summed E-state index contributed by atoms with van der Waals surface area (Å²) in [6.07, 6.45) is -0.366. The monoisotopic (exact) mass is 290 g/mol. The fourth-order valence-corrected chi connectivity index (χ4v) is 2.24. The fraction of sp³-hybridized carbons (Fsp3) is 0.467. The molecular formula is C15H18N2O4. The molecule has 0 aliphatic carbocycles. The quantitative estimate of drug-likeness (QED) is 0.889. The van der Waals surface area contributed by atoms with Crippen molar-refractivity contribution in [3.05, 3.63) is 35.9 Å². The first kappa shape index (κ1) is 13.9. The van der Waals surface area contributed by atoms with Gasteiger partial charge in [-0.1, -0.05) is 30.3 Å². The largest absolute Gasteiger partial charge is 0.445 e. The number of ether oxygens (including phenoxy) is 2. The van der Waals surface area contributed by atoms with Gasteiger partial charge >= 0.3 is 6.09 Å². The summed E-state index contributed by atoms with van der Waals surface area (Å²) in [5, 5.41) is 2.89. The SMILES string of the molecule is O=C(NC1COC1)C1CN(C(=O)OCc2ccccc2)C1. The highest BCUT2D eigenvalue weighted by Gasteiger charge is 2.37. The van der Waals surface area contributed by atoms with Gasteiger partial charge in [-0.15, -0.1) is 0 Å². The molecule has 6 heteroatoms. The van der Waals surface area contributed by atoms with Crippen molar-refractivity contribution in [3.8, 4) is 0 Å². The summed E-state index contributed by atoms with van der Waals surface area (Å²) in [5.74, 6) is -0.134. The van der Waals surface area contributed by atoms with E-state index in [0.717, 1.165) is 5.56 Å². The van der Waals surface area contributed by atoms with Crippen LogP contribution in [0.3, 0.4) is 0 Å². The lowest BCUT2D eigenvalue weighted by Gasteiger charge is -2.38. The van der Waals surface area contributed by atoms with Crippen LogP contribution in [0.2, 0.25) is 0 Å². The molecule has 0 atom stereocenters. The van der Waals surface area contributed by atoms with Crippen molar-refractivity contribution >= 4 is 12.0 Å². The van der Waals surface area contributed by atoms with Gasteiger partial charge in [0.25, 0.3) is 0 Å². The molecule has 1 aromatic carbocycles. The number of carbonyl (C=O) groups excluding carboxylic acids is 2. The van der Waals surface area contributed by atoms with Crippen molar-refractivity contribution in [2.24, 2.45) is 5.92 Å². The van der Waals surface area contributed by atoms with Crippen molar-refractivity contribution in [2.75, 3.05) is 26.3 Å². The van der Waals surface area contributed by atoms with E-state index in [2.05, 4.69) is 5.32 Å². The zero-order valence-electron chi connectivity index (χ0n) is 11.7. The number of likely N-dealkylation sites (tertiary alicyclic amines) is 1. The van der Waals surface area contributed by atoms with Gasteiger partial charge in [0.05, 0.1) is 25.2 Å². The Morgan fingerprint density at radius 2 is 1.95 bits per heavy atom. The summed E-state index contributed by atoms with van der Waals surface area (Å²) in [6.45, 7) is 2.27. The molecular weight excluding hydrogens is 272 g/mol. The Balaban J connectivity index is 1.37. The Kier molecular flexibility index (Phi) is 4.06. The number of nitrogens with zero attached hydrogens (tertiary/aromatic N) is 1. The van der Waals surface area contributed by atoms with Gasteiger partial charge in [-0.2, -0.15) is 0 Å². The summed E-state index contributed by atoms with van der Waals surface area (Å²) in [4.78, 5) is 25.2. The summed E-state index contributed by atoms with van der Waals surface area (Å²) >= 11 is 0. The highest BCUT2D eigenvalue weighted by Crippen LogP contribution is 2.18. The summed E-state index contributed by atoms with van der Waals surface area (Å²) < 4.78 is 10.2. The first-order valence-electron chi connectivity index (χ1n) is 7.06. The topological polar surface area (TPSA) is 67.9 Å². The molecule has 2 aliphatic heterocycles. The van der Waals surface area contributed by atoms with Gasteiger partial charge in [0.1, 0.15) is 6.61 Å². The number of amides is 2. The lowest BCUT2D eigenvalue weighted by atomic mass is 9.99. The van der Waals surface area contributed by atoms with Crippen molar-refractivity contribution < 1.29 is 19.1 Å². The van der Waals surface area contributed by atoms with E-state index in [0.29, 0.717) is 26.3 Å². The normalized spacial score (nSPS) is 18.6. The number of rotatable bonds is 4. The predicted molar refractivity (Wildman–Crippen MR) is 74.4 cm³/mol. The Hall–Kier alpha value is -2.08. The minimum atomic E-state index is -0.366. The van der Waals surface area contributed by atoms with E-state index in [4.69, 9.17) is 9.47 Å². The van der Waals surface area contributed by atoms with Crippen LogP contribution in [0.4, 0.5) is 4.79 Å². The molecule has 2 heterocycles. The van der Waals surface area contributed by atoms with Gasteiger partial charge in [0, 0.05) is 13.1 Å². The Morgan fingerprint density at radius 3 is 2.57 bits per heavy atom. The molecule has 112 valence electrons. The molecule has 0 bridgehead atoms. The standard InChI is InChI=1S/C15H18N2O4/c18-14(16-13-9-20-10-13)12-6-17(7-12)15(19)21-8-11-4-2-1-3-5-11/h1-5,12-13H,6-10H2,(H,16,18). The van der Waals surface area contributed by atoms with Crippen LogP contribution >= 0.6 is 0 Å². The third-order valence-corrected chi connectivity index (χ3v) is 3.70.